The number of hydrogen-bond donors (Lipinski definition) is 1. The van der Waals surface area contributed by atoms with Crippen LogP contribution in [0.5, 0.6) is 0 Å². The Labute approximate surface area is 172 Å². The molecule has 6 heteroatoms. The van der Waals surface area contributed by atoms with E-state index in [4.69, 9.17) is 21.1 Å². The topological polar surface area (TPSA) is 53.5 Å². The van der Waals surface area contributed by atoms with Crippen molar-refractivity contribution in [2.75, 3.05) is 13.9 Å². The molecule has 0 bridgehead atoms. The fourth-order valence-electron chi connectivity index (χ4n) is 3.70. The van der Waals surface area contributed by atoms with Crippen LogP contribution in [-0.2, 0) is 26.3 Å². The third-order valence-electron chi connectivity index (χ3n) is 5.20. The van der Waals surface area contributed by atoms with E-state index in [-0.39, 0.29) is 22.3 Å². The van der Waals surface area contributed by atoms with Gasteiger partial charge in [-0.2, -0.15) is 0 Å². The summed E-state index contributed by atoms with van der Waals surface area (Å²) < 4.78 is 26.9. The molecule has 4 nitrogen and oxygen atoms in total. The molecular formula is C21H34ClNO3S. The molecule has 1 aromatic carbocycles. The number of hydrogen-bond acceptors (Lipinski definition) is 4. The maximum absolute atomic E-state index is 12.9. The molecule has 0 radical (unpaired) electrons. The van der Waals surface area contributed by atoms with E-state index in [1.807, 2.05) is 32.9 Å². The second-order valence-corrected chi connectivity index (χ2v) is 11.4. The molecule has 0 saturated heterocycles. The zero-order chi connectivity index (χ0) is 20.2. The fraction of sp³-hybridized carbons (Fsp3) is 0.714. The predicted molar refractivity (Wildman–Crippen MR) is 113 cm³/mol. The van der Waals surface area contributed by atoms with E-state index in [1.165, 1.54) is 5.56 Å². The van der Waals surface area contributed by atoms with Gasteiger partial charge in [0.25, 0.3) is 0 Å². The first-order valence-electron chi connectivity index (χ1n) is 9.63. The minimum atomic E-state index is -1.13. The molecule has 1 saturated carbocycles. The zero-order valence-corrected chi connectivity index (χ0v) is 19.0. The number of rotatable bonds is 9. The molecule has 1 aliphatic rings. The highest BCUT2D eigenvalue weighted by Gasteiger charge is 2.53. The maximum Gasteiger partial charge on any atom is 0.146 e. The molecule has 1 aromatic rings. The highest BCUT2D eigenvalue weighted by Crippen LogP contribution is 2.50. The van der Waals surface area contributed by atoms with Gasteiger partial charge in [-0.05, 0) is 63.6 Å². The normalized spacial score (nSPS) is 25.3. The summed E-state index contributed by atoms with van der Waals surface area (Å²) >= 11 is 4.99. The first-order valence-corrected chi connectivity index (χ1v) is 11.2. The second kappa shape index (κ2) is 9.47. The van der Waals surface area contributed by atoms with Crippen molar-refractivity contribution in [2.24, 2.45) is 5.92 Å². The van der Waals surface area contributed by atoms with Crippen LogP contribution in [0.15, 0.2) is 24.3 Å². The number of methoxy groups -OCH3 is 1. The molecule has 0 unspecified atom stereocenters. The first kappa shape index (κ1) is 23.0. The molecule has 0 amide bonds. The average Bonchev–Trinajstić information content (AvgIpc) is 2.53. The van der Waals surface area contributed by atoms with Gasteiger partial charge in [0.2, 0.25) is 0 Å². The minimum Gasteiger partial charge on any atom is -0.598 e. The van der Waals surface area contributed by atoms with Crippen LogP contribution in [0, 0.1) is 5.92 Å². The Morgan fingerprint density at radius 3 is 2.33 bits per heavy atom. The van der Waals surface area contributed by atoms with Gasteiger partial charge in [0.15, 0.2) is 0 Å². The number of nitrogens with one attached hydrogen (secondary N) is 1. The summed E-state index contributed by atoms with van der Waals surface area (Å²) in [6.45, 7) is 10.7. The van der Waals surface area contributed by atoms with Crippen LogP contribution in [0.4, 0.5) is 0 Å². The van der Waals surface area contributed by atoms with Crippen LogP contribution in [0.25, 0.3) is 0 Å². The highest BCUT2D eigenvalue weighted by atomic mass is 35.5. The fourth-order valence-corrected chi connectivity index (χ4v) is 4.76. The van der Waals surface area contributed by atoms with Crippen molar-refractivity contribution in [3.05, 3.63) is 34.9 Å². The minimum absolute atomic E-state index is 0.0983. The van der Waals surface area contributed by atoms with Crippen molar-refractivity contribution in [3.8, 4) is 0 Å². The van der Waals surface area contributed by atoms with Crippen LogP contribution in [0.1, 0.15) is 59.4 Å². The van der Waals surface area contributed by atoms with Crippen LogP contribution in [0.2, 0.25) is 5.02 Å². The Morgan fingerprint density at radius 1 is 1.26 bits per heavy atom. The monoisotopic (exact) mass is 415 g/mol. The Hall–Kier alpha value is -0.300. The Morgan fingerprint density at radius 2 is 1.85 bits per heavy atom. The third kappa shape index (κ3) is 5.84. The first-order chi connectivity index (χ1) is 12.6. The molecular weight excluding hydrogens is 382 g/mol. The van der Waals surface area contributed by atoms with E-state index < -0.39 is 11.4 Å². The van der Waals surface area contributed by atoms with E-state index in [0.717, 1.165) is 24.3 Å². The standard InChI is InChI=1S/C21H34ClNO3S/c1-15(2)11-19(23-27(24)20(3,4)5)21(12-18(13-21)26-14-25-6)16-7-9-17(22)10-8-16/h7-10,15,18-19,23H,11-14H2,1-6H3/t18-,19-,21-,27-/m0/s1. The van der Waals surface area contributed by atoms with E-state index in [0.29, 0.717) is 12.7 Å². The van der Waals surface area contributed by atoms with Gasteiger partial charge >= 0.3 is 0 Å². The summed E-state index contributed by atoms with van der Waals surface area (Å²) in [6, 6.07) is 8.18. The zero-order valence-electron chi connectivity index (χ0n) is 17.4. The van der Waals surface area contributed by atoms with E-state index in [9.17, 15) is 4.55 Å². The number of ether oxygens (including phenoxy) is 2. The summed E-state index contributed by atoms with van der Waals surface area (Å²) in [6.07, 6.45) is 2.86. The van der Waals surface area contributed by atoms with Gasteiger partial charge in [-0.25, -0.2) is 0 Å². The second-order valence-electron chi connectivity index (χ2n) is 8.95. The van der Waals surface area contributed by atoms with Gasteiger partial charge in [0.1, 0.15) is 11.5 Å². The SMILES string of the molecule is COCO[C@H]1C[C@](c2ccc(Cl)cc2)([C@H](CC(C)C)N[S@@+]([O-])C(C)(C)C)C1. The van der Waals surface area contributed by atoms with Gasteiger partial charge in [0, 0.05) is 28.9 Å². The van der Waals surface area contributed by atoms with E-state index in [2.05, 4.69) is 30.7 Å². The number of halogens is 1. The van der Waals surface area contributed by atoms with Gasteiger partial charge in [-0.1, -0.05) is 37.6 Å². The lowest BCUT2D eigenvalue weighted by atomic mass is 9.57. The van der Waals surface area contributed by atoms with Crippen LogP contribution in [0.3, 0.4) is 0 Å². The summed E-state index contributed by atoms with van der Waals surface area (Å²) in [4.78, 5) is 0. The molecule has 0 aromatic heterocycles. The molecule has 2 rings (SSSR count). The molecule has 1 aliphatic carbocycles. The molecule has 2 atom stereocenters. The van der Waals surface area contributed by atoms with Gasteiger partial charge in [0.05, 0.1) is 12.1 Å². The van der Waals surface area contributed by atoms with Crippen LogP contribution >= 0.6 is 11.6 Å². The maximum atomic E-state index is 12.9. The summed E-state index contributed by atoms with van der Waals surface area (Å²) in [7, 11) is 1.64. The molecule has 154 valence electrons. The van der Waals surface area contributed by atoms with Crippen molar-refractivity contribution < 1.29 is 14.0 Å². The molecule has 1 N–H and O–H groups in total. The molecule has 0 spiro atoms. The largest absolute Gasteiger partial charge is 0.598 e. The molecule has 27 heavy (non-hydrogen) atoms. The van der Waals surface area contributed by atoms with Crippen LogP contribution in [-0.4, -0.2) is 35.3 Å². The number of benzene rings is 1. The Kier molecular flexibility index (Phi) is 8.06. The quantitative estimate of drug-likeness (QED) is 0.463. The van der Waals surface area contributed by atoms with Gasteiger partial charge in [-0.15, -0.1) is 4.72 Å². The average molecular weight is 416 g/mol. The summed E-state index contributed by atoms with van der Waals surface area (Å²) in [5.41, 5.74) is 1.11. The molecule has 1 fully saturated rings. The van der Waals surface area contributed by atoms with Gasteiger partial charge in [-0.3, -0.25) is 0 Å². The van der Waals surface area contributed by atoms with Crippen molar-refractivity contribution >= 4 is 23.0 Å². The molecule has 0 heterocycles. The molecule has 0 aliphatic heterocycles. The van der Waals surface area contributed by atoms with Crippen molar-refractivity contribution in [1.82, 2.24) is 4.72 Å². The Balaban J connectivity index is 2.31. The third-order valence-corrected chi connectivity index (χ3v) is 7.07. The van der Waals surface area contributed by atoms with E-state index >= 15 is 0 Å². The highest BCUT2D eigenvalue weighted by molar-refractivity contribution is 7.90. The summed E-state index contributed by atoms with van der Waals surface area (Å²) in [5.74, 6) is 0.489. The Bertz CT molecular complexity index is 582. The van der Waals surface area contributed by atoms with E-state index in [1.54, 1.807) is 7.11 Å². The van der Waals surface area contributed by atoms with Crippen LogP contribution < -0.4 is 4.72 Å². The summed E-state index contributed by atoms with van der Waals surface area (Å²) in [5, 5.41) is 0.729. The lowest BCUT2D eigenvalue weighted by Gasteiger charge is -2.53. The van der Waals surface area contributed by atoms with Crippen molar-refractivity contribution in [3.63, 3.8) is 0 Å². The van der Waals surface area contributed by atoms with Gasteiger partial charge < -0.3 is 14.0 Å². The smallest absolute Gasteiger partial charge is 0.146 e. The lowest BCUT2D eigenvalue weighted by molar-refractivity contribution is -0.127. The lowest BCUT2D eigenvalue weighted by Crippen LogP contribution is -2.61. The predicted octanol–water partition coefficient (Wildman–Crippen LogP) is 4.83. The van der Waals surface area contributed by atoms with Crippen molar-refractivity contribution in [1.29, 1.82) is 0 Å². The van der Waals surface area contributed by atoms with Crippen molar-refractivity contribution in [2.45, 2.75) is 76.2 Å².